The SMILES string of the molecule is CCCCCCCC1(C(=O)O)CCCN1. The maximum atomic E-state index is 11.2. The van der Waals surface area contributed by atoms with E-state index >= 15 is 0 Å². The predicted octanol–water partition coefficient (Wildman–Crippen LogP) is 2.55. The van der Waals surface area contributed by atoms with Gasteiger partial charge in [0.15, 0.2) is 0 Å². The molecule has 1 fully saturated rings. The lowest BCUT2D eigenvalue weighted by molar-refractivity contribution is -0.144. The van der Waals surface area contributed by atoms with Crippen molar-refractivity contribution < 1.29 is 9.90 Å². The van der Waals surface area contributed by atoms with E-state index in [4.69, 9.17) is 0 Å². The summed E-state index contributed by atoms with van der Waals surface area (Å²) in [6.45, 7) is 3.05. The van der Waals surface area contributed by atoms with Gasteiger partial charge in [-0.05, 0) is 25.8 Å². The van der Waals surface area contributed by atoms with E-state index in [1.165, 1.54) is 25.7 Å². The highest BCUT2D eigenvalue weighted by Crippen LogP contribution is 2.26. The van der Waals surface area contributed by atoms with Gasteiger partial charge in [0.2, 0.25) is 0 Å². The molecule has 0 saturated carbocycles. The van der Waals surface area contributed by atoms with Crippen molar-refractivity contribution in [3.05, 3.63) is 0 Å². The molecule has 88 valence electrons. The van der Waals surface area contributed by atoms with Crippen LogP contribution in [0.25, 0.3) is 0 Å². The molecule has 1 saturated heterocycles. The molecule has 1 rings (SSSR count). The summed E-state index contributed by atoms with van der Waals surface area (Å²) in [5.41, 5.74) is -0.591. The molecule has 1 aliphatic heterocycles. The molecule has 0 aliphatic carbocycles. The molecule has 0 radical (unpaired) electrons. The summed E-state index contributed by atoms with van der Waals surface area (Å²) in [5.74, 6) is -0.657. The average molecular weight is 213 g/mol. The molecule has 1 heterocycles. The third-order valence-corrected chi connectivity index (χ3v) is 3.36. The van der Waals surface area contributed by atoms with Crippen molar-refractivity contribution >= 4 is 5.97 Å². The standard InChI is InChI=1S/C12H23NO2/c1-2-3-4-5-6-8-12(11(14)15)9-7-10-13-12/h13H,2-10H2,1H3,(H,14,15). The zero-order valence-electron chi connectivity index (χ0n) is 9.72. The zero-order chi connectivity index (χ0) is 11.1. The first kappa shape index (κ1) is 12.5. The third-order valence-electron chi connectivity index (χ3n) is 3.36. The van der Waals surface area contributed by atoms with Crippen molar-refractivity contribution in [3.63, 3.8) is 0 Å². The van der Waals surface area contributed by atoms with E-state index < -0.39 is 11.5 Å². The van der Waals surface area contributed by atoms with Crippen molar-refractivity contribution in [2.75, 3.05) is 6.54 Å². The lowest BCUT2D eigenvalue weighted by atomic mass is 9.90. The number of unbranched alkanes of at least 4 members (excludes halogenated alkanes) is 4. The summed E-state index contributed by atoms with van der Waals surface area (Å²) in [5, 5.41) is 12.4. The minimum Gasteiger partial charge on any atom is -0.480 e. The number of hydrogen-bond donors (Lipinski definition) is 2. The monoisotopic (exact) mass is 213 g/mol. The number of nitrogens with one attached hydrogen (secondary N) is 1. The first-order chi connectivity index (χ1) is 7.21. The predicted molar refractivity (Wildman–Crippen MR) is 61.0 cm³/mol. The highest BCUT2D eigenvalue weighted by Gasteiger charge is 2.40. The molecule has 3 heteroatoms. The van der Waals surface area contributed by atoms with Gasteiger partial charge in [-0.3, -0.25) is 4.79 Å². The Morgan fingerprint density at radius 2 is 2.07 bits per heavy atom. The van der Waals surface area contributed by atoms with E-state index in [-0.39, 0.29) is 0 Å². The van der Waals surface area contributed by atoms with Crippen LogP contribution in [0.1, 0.15) is 58.3 Å². The minimum atomic E-state index is -0.657. The van der Waals surface area contributed by atoms with E-state index in [9.17, 15) is 9.90 Å². The summed E-state index contributed by atoms with van der Waals surface area (Å²) in [7, 11) is 0. The number of carbonyl (C=O) groups is 1. The van der Waals surface area contributed by atoms with Gasteiger partial charge in [-0.1, -0.05) is 39.0 Å². The van der Waals surface area contributed by atoms with Crippen molar-refractivity contribution in [1.29, 1.82) is 0 Å². The van der Waals surface area contributed by atoms with Gasteiger partial charge >= 0.3 is 5.97 Å². The summed E-state index contributed by atoms with van der Waals surface area (Å²) < 4.78 is 0. The van der Waals surface area contributed by atoms with Crippen molar-refractivity contribution in [3.8, 4) is 0 Å². The van der Waals surface area contributed by atoms with Gasteiger partial charge in [-0.15, -0.1) is 0 Å². The van der Waals surface area contributed by atoms with E-state index in [0.717, 1.165) is 32.2 Å². The van der Waals surface area contributed by atoms with Gasteiger partial charge < -0.3 is 10.4 Å². The van der Waals surface area contributed by atoms with Crippen LogP contribution in [0.5, 0.6) is 0 Å². The van der Waals surface area contributed by atoms with Gasteiger partial charge in [0.05, 0.1) is 0 Å². The maximum Gasteiger partial charge on any atom is 0.323 e. The van der Waals surface area contributed by atoms with Crippen LogP contribution in [-0.2, 0) is 4.79 Å². The second kappa shape index (κ2) is 6.11. The highest BCUT2D eigenvalue weighted by molar-refractivity contribution is 5.79. The van der Waals surface area contributed by atoms with Crippen LogP contribution in [-0.4, -0.2) is 23.2 Å². The van der Waals surface area contributed by atoms with Gasteiger partial charge in [0, 0.05) is 0 Å². The molecule has 0 aromatic rings. The molecule has 0 aromatic carbocycles. The van der Waals surface area contributed by atoms with Crippen LogP contribution in [0.4, 0.5) is 0 Å². The van der Waals surface area contributed by atoms with Gasteiger partial charge in [0.1, 0.15) is 5.54 Å². The zero-order valence-corrected chi connectivity index (χ0v) is 9.72. The topological polar surface area (TPSA) is 49.3 Å². The largest absolute Gasteiger partial charge is 0.480 e. The molecule has 1 aliphatic rings. The Balaban J connectivity index is 2.24. The Morgan fingerprint density at radius 3 is 2.60 bits per heavy atom. The molecule has 0 aromatic heterocycles. The normalized spacial score (nSPS) is 25.7. The second-order valence-electron chi connectivity index (χ2n) is 4.58. The van der Waals surface area contributed by atoms with Crippen LogP contribution < -0.4 is 5.32 Å². The second-order valence-corrected chi connectivity index (χ2v) is 4.58. The fraction of sp³-hybridized carbons (Fsp3) is 0.917. The van der Waals surface area contributed by atoms with Crippen LogP contribution in [0.2, 0.25) is 0 Å². The summed E-state index contributed by atoms with van der Waals surface area (Å²) in [6.07, 6.45) is 8.56. The Kier molecular flexibility index (Phi) is 5.09. The molecule has 0 amide bonds. The minimum absolute atomic E-state index is 0.591. The average Bonchev–Trinajstić information content (AvgIpc) is 2.67. The first-order valence-electron chi connectivity index (χ1n) is 6.20. The quantitative estimate of drug-likeness (QED) is 0.639. The van der Waals surface area contributed by atoms with Crippen LogP contribution in [0, 0.1) is 0 Å². The Labute approximate surface area is 92.3 Å². The fourth-order valence-electron chi connectivity index (χ4n) is 2.34. The lowest BCUT2D eigenvalue weighted by Gasteiger charge is -2.24. The molecule has 3 nitrogen and oxygen atoms in total. The van der Waals surface area contributed by atoms with Crippen LogP contribution in [0.15, 0.2) is 0 Å². The number of carboxylic acid groups (broad SMARTS) is 1. The molecule has 1 unspecified atom stereocenters. The number of rotatable bonds is 7. The molecule has 0 bridgehead atoms. The number of aliphatic carboxylic acids is 1. The Bertz CT molecular complexity index is 198. The van der Waals surface area contributed by atoms with E-state index in [2.05, 4.69) is 12.2 Å². The van der Waals surface area contributed by atoms with Crippen molar-refractivity contribution in [2.24, 2.45) is 0 Å². The molecular weight excluding hydrogens is 190 g/mol. The van der Waals surface area contributed by atoms with E-state index in [1.54, 1.807) is 0 Å². The Morgan fingerprint density at radius 1 is 1.33 bits per heavy atom. The number of hydrogen-bond acceptors (Lipinski definition) is 2. The first-order valence-corrected chi connectivity index (χ1v) is 6.20. The molecule has 0 spiro atoms. The maximum absolute atomic E-state index is 11.2. The van der Waals surface area contributed by atoms with Crippen molar-refractivity contribution in [1.82, 2.24) is 5.32 Å². The molecular formula is C12H23NO2. The summed E-state index contributed by atoms with van der Waals surface area (Å²) >= 11 is 0. The van der Waals surface area contributed by atoms with Gasteiger partial charge in [0.25, 0.3) is 0 Å². The third kappa shape index (κ3) is 3.49. The molecule has 1 atom stereocenters. The fourth-order valence-corrected chi connectivity index (χ4v) is 2.34. The summed E-state index contributed by atoms with van der Waals surface area (Å²) in [6, 6.07) is 0. The van der Waals surface area contributed by atoms with E-state index in [1.807, 2.05) is 0 Å². The number of carboxylic acids is 1. The Hall–Kier alpha value is -0.570. The summed E-state index contributed by atoms with van der Waals surface area (Å²) in [4.78, 5) is 11.2. The van der Waals surface area contributed by atoms with Crippen LogP contribution in [0.3, 0.4) is 0 Å². The van der Waals surface area contributed by atoms with Gasteiger partial charge in [-0.25, -0.2) is 0 Å². The van der Waals surface area contributed by atoms with Gasteiger partial charge in [-0.2, -0.15) is 0 Å². The smallest absolute Gasteiger partial charge is 0.323 e. The van der Waals surface area contributed by atoms with Crippen molar-refractivity contribution in [2.45, 2.75) is 63.8 Å². The lowest BCUT2D eigenvalue weighted by Crippen LogP contribution is -2.47. The molecule has 15 heavy (non-hydrogen) atoms. The van der Waals surface area contributed by atoms with E-state index in [0.29, 0.717) is 0 Å². The molecule has 2 N–H and O–H groups in total. The highest BCUT2D eigenvalue weighted by atomic mass is 16.4. The van der Waals surface area contributed by atoms with Crippen LogP contribution >= 0.6 is 0 Å².